The number of carbonyl (C=O) groups is 1. The highest BCUT2D eigenvalue weighted by molar-refractivity contribution is 5.89. The molecular formula is C23H26N4O3. The smallest absolute Gasteiger partial charge is 0.347 e. The molecule has 2 N–H and O–H groups in total. The van der Waals surface area contributed by atoms with Gasteiger partial charge in [0.05, 0.1) is 12.6 Å². The van der Waals surface area contributed by atoms with Crippen LogP contribution in [0.1, 0.15) is 49.0 Å². The lowest BCUT2D eigenvalue weighted by atomic mass is 9.75. The van der Waals surface area contributed by atoms with Crippen molar-refractivity contribution in [3.63, 3.8) is 0 Å². The number of benzene rings is 1. The highest BCUT2D eigenvalue weighted by atomic mass is 16.3. The Morgan fingerprint density at radius 1 is 1.30 bits per heavy atom. The standard InChI is InChI=1S/C23H26N4O3/c1-15-10-18-19(12-23(2,3)13-20(18)30-15)26-21(28)25-17-7-4-6-16(11-17)14-27-9-5-8-24-22(27)29/h4-11,19H,12-14H2,1-3H3,(H2,25,26,28)/t19-/m0/s1. The number of nitrogens with one attached hydrogen (secondary N) is 2. The summed E-state index contributed by atoms with van der Waals surface area (Å²) in [4.78, 5) is 28.3. The Morgan fingerprint density at radius 2 is 2.13 bits per heavy atom. The van der Waals surface area contributed by atoms with E-state index < -0.39 is 0 Å². The van der Waals surface area contributed by atoms with Crippen LogP contribution in [0.4, 0.5) is 10.5 Å². The van der Waals surface area contributed by atoms with Crippen LogP contribution >= 0.6 is 0 Å². The average molecular weight is 406 g/mol. The van der Waals surface area contributed by atoms with E-state index in [-0.39, 0.29) is 23.2 Å². The molecule has 0 saturated carbocycles. The third kappa shape index (κ3) is 4.45. The molecule has 7 nitrogen and oxygen atoms in total. The van der Waals surface area contributed by atoms with Gasteiger partial charge in [-0.05, 0) is 48.6 Å². The first-order chi connectivity index (χ1) is 14.3. The third-order valence-electron chi connectivity index (χ3n) is 5.36. The Bertz CT molecular complexity index is 1130. The molecule has 0 aliphatic heterocycles. The fourth-order valence-electron chi connectivity index (χ4n) is 4.09. The molecule has 156 valence electrons. The molecule has 4 rings (SSSR count). The predicted octanol–water partition coefficient (Wildman–Crippen LogP) is 4.03. The second-order valence-corrected chi connectivity index (χ2v) is 8.66. The molecular weight excluding hydrogens is 380 g/mol. The van der Waals surface area contributed by atoms with E-state index in [2.05, 4.69) is 29.5 Å². The number of hydrogen-bond donors (Lipinski definition) is 2. The lowest BCUT2D eigenvalue weighted by molar-refractivity contribution is 0.222. The van der Waals surface area contributed by atoms with Gasteiger partial charge in [-0.3, -0.25) is 4.57 Å². The minimum absolute atomic E-state index is 0.0478. The zero-order chi connectivity index (χ0) is 21.3. The summed E-state index contributed by atoms with van der Waals surface area (Å²) in [5.74, 6) is 1.82. The van der Waals surface area contributed by atoms with E-state index in [0.717, 1.165) is 35.5 Å². The van der Waals surface area contributed by atoms with Crippen LogP contribution in [-0.4, -0.2) is 15.6 Å². The van der Waals surface area contributed by atoms with Crippen LogP contribution in [0, 0.1) is 12.3 Å². The first-order valence-corrected chi connectivity index (χ1v) is 10.1. The van der Waals surface area contributed by atoms with Gasteiger partial charge in [0.25, 0.3) is 0 Å². The average Bonchev–Trinajstić information content (AvgIpc) is 3.03. The number of urea groups is 1. The summed E-state index contributed by atoms with van der Waals surface area (Å²) in [6.07, 6.45) is 4.88. The molecule has 0 fully saturated rings. The Morgan fingerprint density at radius 3 is 2.93 bits per heavy atom. The maximum Gasteiger partial charge on any atom is 0.347 e. The van der Waals surface area contributed by atoms with Crippen LogP contribution in [0.25, 0.3) is 0 Å². The molecule has 0 radical (unpaired) electrons. The molecule has 1 atom stereocenters. The number of rotatable bonds is 4. The largest absolute Gasteiger partial charge is 0.466 e. The number of carbonyl (C=O) groups excluding carboxylic acids is 1. The maximum absolute atomic E-state index is 12.7. The van der Waals surface area contributed by atoms with E-state index in [1.165, 1.54) is 10.8 Å². The number of anilines is 1. The summed E-state index contributed by atoms with van der Waals surface area (Å²) in [7, 11) is 0. The number of nitrogens with zero attached hydrogens (tertiary/aromatic N) is 2. The summed E-state index contributed by atoms with van der Waals surface area (Å²) in [5.41, 5.74) is 2.37. The molecule has 1 aliphatic rings. The SMILES string of the molecule is Cc1cc2c(o1)CC(C)(C)C[C@@H]2NC(=O)Nc1cccc(Cn2cccnc2=O)c1. The summed E-state index contributed by atoms with van der Waals surface area (Å²) in [5, 5.41) is 6.01. The second kappa shape index (κ2) is 7.82. The van der Waals surface area contributed by atoms with E-state index in [0.29, 0.717) is 12.2 Å². The van der Waals surface area contributed by atoms with Crippen LogP contribution in [0.3, 0.4) is 0 Å². The number of aromatic nitrogens is 2. The summed E-state index contributed by atoms with van der Waals surface area (Å²) in [6.45, 7) is 6.69. The first-order valence-electron chi connectivity index (χ1n) is 10.1. The summed E-state index contributed by atoms with van der Waals surface area (Å²) < 4.78 is 7.37. The van der Waals surface area contributed by atoms with Gasteiger partial charge >= 0.3 is 11.7 Å². The van der Waals surface area contributed by atoms with Crippen molar-refractivity contribution in [2.75, 3.05) is 5.32 Å². The Kier molecular flexibility index (Phi) is 5.20. The van der Waals surface area contributed by atoms with E-state index in [4.69, 9.17) is 4.42 Å². The van der Waals surface area contributed by atoms with Crippen LogP contribution in [0.15, 0.2) is 58.0 Å². The molecule has 1 aromatic carbocycles. The van der Waals surface area contributed by atoms with E-state index in [1.54, 1.807) is 12.3 Å². The molecule has 2 heterocycles. The molecule has 30 heavy (non-hydrogen) atoms. The number of furan rings is 1. The predicted molar refractivity (Wildman–Crippen MR) is 114 cm³/mol. The maximum atomic E-state index is 12.7. The van der Waals surface area contributed by atoms with E-state index in [9.17, 15) is 9.59 Å². The highest BCUT2D eigenvalue weighted by Crippen LogP contribution is 2.42. The highest BCUT2D eigenvalue weighted by Gasteiger charge is 2.35. The Hall–Kier alpha value is -3.35. The molecule has 1 aliphatic carbocycles. The van der Waals surface area contributed by atoms with Crippen molar-refractivity contribution in [1.82, 2.24) is 14.9 Å². The van der Waals surface area contributed by atoms with Crippen LogP contribution in [0.5, 0.6) is 0 Å². The van der Waals surface area contributed by atoms with Crippen molar-refractivity contribution in [3.8, 4) is 0 Å². The van der Waals surface area contributed by atoms with E-state index in [1.807, 2.05) is 37.3 Å². The van der Waals surface area contributed by atoms with Gasteiger partial charge in [-0.15, -0.1) is 0 Å². The quantitative estimate of drug-likeness (QED) is 0.685. The Labute approximate surface area is 175 Å². The van der Waals surface area contributed by atoms with Gasteiger partial charge in [0.2, 0.25) is 0 Å². The molecule has 3 aromatic rings. The lowest BCUT2D eigenvalue weighted by Crippen LogP contribution is -2.38. The zero-order valence-corrected chi connectivity index (χ0v) is 17.4. The summed E-state index contributed by atoms with van der Waals surface area (Å²) >= 11 is 0. The van der Waals surface area contributed by atoms with Gasteiger partial charge in [-0.2, -0.15) is 0 Å². The van der Waals surface area contributed by atoms with Crippen molar-refractivity contribution in [2.24, 2.45) is 5.41 Å². The fourth-order valence-corrected chi connectivity index (χ4v) is 4.09. The van der Waals surface area contributed by atoms with E-state index >= 15 is 0 Å². The normalized spacial score (nSPS) is 17.2. The fraction of sp³-hybridized carbons (Fsp3) is 0.348. The monoisotopic (exact) mass is 406 g/mol. The van der Waals surface area contributed by atoms with Crippen molar-refractivity contribution >= 4 is 11.7 Å². The molecule has 0 saturated heterocycles. The zero-order valence-electron chi connectivity index (χ0n) is 17.4. The minimum atomic E-state index is -0.306. The first kappa shape index (κ1) is 19.9. The van der Waals surface area contributed by atoms with Crippen LogP contribution in [-0.2, 0) is 13.0 Å². The molecule has 2 amide bonds. The molecule has 0 unspecified atom stereocenters. The van der Waals surface area contributed by atoms with Crippen molar-refractivity contribution in [3.05, 3.63) is 81.9 Å². The second-order valence-electron chi connectivity index (χ2n) is 8.66. The van der Waals surface area contributed by atoms with Crippen molar-refractivity contribution in [2.45, 2.75) is 46.2 Å². The van der Waals surface area contributed by atoms with Gasteiger partial charge < -0.3 is 15.1 Å². The van der Waals surface area contributed by atoms with Crippen LogP contribution < -0.4 is 16.3 Å². The Balaban J connectivity index is 1.46. The molecule has 7 heteroatoms. The van der Waals surface area contributed by atoms with Gasteiger partial charge in [0, 0.05) is 30.1 Å². The van der Waals surface area contributed by atoms with Gasteiger partial charge in [-0.1, -0.05) is 26.0 Å². The topological polar surface area (TPSA) is 89.2 Å². The van der Waals surface area contributed by atoms with Gasteiger partial charge in [0.15, 0.2) is 0 Å². The van der Waals surface area contributed by atoms with Crippen molar-refractivity contribution < 1.29 is 9.21 Å². The third-order valence-corrected chi connectivity index (χ3v) is 5.36. The number of hydrogen-bond acceptors (Lipinski definition) is 4. The lowest BCUT2D eigenvalue weighted by Gasteiger charge is -2.34. The molecule has 0 bridgehead atoms. The number of aryl methyl sites for hydroxylation is 1. The molecule has 0 spiro atoms. The number of amides is 2. The van der Waals surface area contributed by atoms with Crippen molar-refractivity contribution in [1.29, 1.82) is 0 Å². The summed E-state index contributed by atoms with van der Waals surface area (Å²) in [6, 6.07) is 10.8. The number of fused-ring (bicyclic) bond motifs is 1. The minimum Gasteiger partial charge on any atom is -0.466 e. The van der Waals surface area contributed by atoms with Crippen LogP contribution in [0.2, 0.25) is 0 Å². The molecule has 2 aromatic heterocycles. The van der Waals surface area contributed by atoms with Gasteiger partial charge in [0.1, 0.15) is 11.5 Å². The van der Waals surface area contributed by atoms with Gasteiger partial charge in [-0.25, -0.2) is 14.6 Å².